The molecule has 0 aromatic carbocycles. The van der Waals surface area contributed by atoms with E-state index in [-0.39, 0.29) is 18.4 Å². The van der Waals surface area contributed by atoms with Crippen LogP contribution in [0, 0.1) is 0 Å². The van der Waals surface area contributed by atoms with Crippen molar-refractivity contribution in [3.63, 3.8) is 0 Å². The van der Waals surface area contributed by atoms with Gasteiger partial charge in [-0.15, -0.1) is 0 Å². The number of carbonyl (C=O) groups is 2. The van der Waals surface area contributed by atoms with Gasteiger partial charge in [0.1, 0.15) is 0 Å². The Balaban J connectivity index is 4.03. The smallest absolute Gasteiger partial charge is 0.238 e. The van der Waals surface area contributed by atoms with Crippen LogP contribution in [-0.4, -0.2) is 36.5 Å². The van der Waals surface area contributed by atoms with Crippen LogP contribution in [0.15, 0.2) is 0 Å². The molecule has 0 aromatic heterocycles. The Morgan fingerprint density at radius 1 is 1.40 bits per heavy atom. The molecule has 0 radical (unpaired) electrons. The van der Waals surface area contributed by atoms with Crippen LogP contribution in [-0.2, 0) is 9.59 Å². The van der Waals surface area contributed by atoms with Gasteiger partial charge in [0.25, 0.3) is 0 Å². The van der Waals surface area contributed by atoms with Gasteiger partial charge in [-0.2, -0.15) is 0 Å². The molecule has 0 spiro atoms. The van der Waals surface area contributed by atoms with Gasteiger partial charge >= 0.3 is 0 Å². The van der Waals surface area contributed by atoms with Crippen LogP contribution < -0.4 is 22.1 Å². The Labute approximate surface area is 89.8 Å². The normalized spacial score (nSPS) is 13.1. The molecule has 6 nitrogen and oxygen atoms in total. The molecule has 0 aromatic rings. The number of nitrogens with two attached hydrogens (primary N) is 2. The standard InChI is InChI=1S/C9H20N4O2/c1-6(14)13-9(2,3)5-12-8(15)7(11)4-10/h7H,4-5,10-11H2,1-3H3,(H,12,15)(H,13,14). The molecular weight excluding hydrogens is 196 g/mol. The fourth-order valence-electron chi connectivity index (χ4n) is 1.07. The van der Waals surface area contributed by atoms with Crippen molar-refractivity contribution in [3.05, 3.63) is 0 Å². The monoisotopic (exact) mass is 216 g/mol. The van der Waals surface area contributed by atoms with E-state index in [0.717, 1.165) is 0 Å². The summed E-state index contributed by atoms with van der Waals surface area (Å²) < 4.78 is 0. The molecule has 6 heteroatoms. The van der Waals surface area contributed by atoms with Gasteiger partial charge in [-0.25, -0.2) is 0 Å². The van der Waals surface area contributed by atoms with Crippen LogP contribution >= 0.6 is 0 Å². The molecule has 0 heterocycles. The van der Waals surface area contributed by atoms with E-state index in [2.05, 4.69) is 10.6 Å². The maximum Gasteiger partial charge on any atom is 0.238 e. The van der Waals surface area contributed by atoms with Gasteiger partial charge in [0, 0.05) is 20.0 Å². The van der Waals surface area contributed by atoms with Crippen LogP contribution in [0.3, 0.4) is 0 Å². The molecule has 0 bridgehead atoms. The molecule has 0 rings (SSSR count). The van der Waals surface area contributed by atoms with E-state index in [0.29, 0.717) is 6.54 Å². The maximum atomic E-state index is 11.3. The van der Waals surface area contributed by atoms with E-state index in [1.54, 1.807) is 0 Å². The summed E-state index contributed by atoms with van der Waals surface area (Å²) in [5.74, 6) is -0.451. The summed E-state index contributed by atoms with van der Waals surface area (Å²) in [6, 6.07) is -0.696. The molecule has 15 heavy (non-hydrogen) atoms. The first-order valence-electron chi connectivity index (χ1n) is 4.80. The Morgan fingerprint density at radius 3 is 2.33 bits per heavy atom. The zero-order valence-corrected chi connectivity index (χ0v) is 9.46. The van der Waals surface area contributed by atoms with E-state index in [1.807, 2.05) is 13.8 Å². The minimum absolute atomic E-state index is 0.104. The molecule has 1 atom stereocenters. The lowest BCUT2D eigenvalue weighted by atomic mass is 10.1. The Kier molecular flexibility index (Phi) is 5.24. The zero-order chi connectivity index (χ0) is 12.1. The minimum atomic E-state index is -0.696. The minimum Gasteiger partial charge on any atom is -0.352 e. The summed E-state index contributed by atoms with van der Waals surface area (Å²) in [7, 11) is 0. The first-order chi connectivity index (χ1) is 6.78. The fraction of sp³-hybridized carbons (Fsp3) is 0.778. The van der Waals surface area contributed by atoms with Crippen LogP contribution in [0.5, 0.6) is 0 Å². The van der Waals surface area contributed by atoms with E-state index in [9.17, 15) is 9.59 Å². The Bertz CT molecular complexity index is 240. The lowest BCUT2D eigenvalue weighted by Gasteiger charge is -2.26. The number of hydrogen-bond acceptors (Lipinski definition) is 4. The number of nitrogens with one attached hydrogen (secondary N) is 2. The van der Waals surface area contributed by atoms with Gasteiger partial charge in [0.2, 0.25) is 11.8 Å². The highest BCUT2D eigenvalue weighted by molar-refractivity contribution is 5.82. The van der Waals surface area contributed by atoms with Gasteiger partial charge in [-0.05, 0) is 13.8 Å². The second kappa shape index (κ2) is 5.67. The lowest BCUT2D eigenvalue weighted by molar-refractivity contribution is -0.124. The van der Waals surface area contributed by atoms with E-state index in [4.69, 9.17) is 11.5 Å². The van der Waals surface area contributed by atoms with Gasteiger partial charge in [-0.3, -0.25) is 9.59 Å². The van der Waals surface area contributed by atoms with E-state index in [1.165, 1.54) is 6.92 Å². The summed E-state index contributed by atoms with van der Waals surface area (Å²) in [6.07, 6.45) is 0. The highest BCUT2D eigenvalue weighted by Crippen LogP contribution is 1.99. The molecular formula is C9H20N4O2. The second-order valence-electron chi connectivity index (χ2n) is 4.13. The van der Waals surface area contributed by atoms with Crippen molar-refractivity contribution in [1.29, 1.82) is 0 Å². The van der Waals surface area contributed by atoms with Crippen LogP contribution in [0.1, 0.15) is 20.8 Å². The van der Waals surface area contributed by atoms with E-state index < -0.39 is 11.6 Å². The summed E-state index contributed by atoms with van der Waals surface area (Å²) in [6.45, 7) is 5.46. The largest absolute Gasteiger partial charge is 0.352 e. The fourth-order valence-corrected chi connectivity index (χ4v) is 1.07. The van der Waals surface area contributed by atoms with Crippen molar-refractivity contribution in [3.8, 4) is 0 Å². The van der Waals surface area contributed by atoms with Crippen molar-refractivity contribution < 1.29 is 9.59 Å². The predicted octanol–water partition coefficient (Wildman–Crippen LogP) is -1.70. The van der Waals surface area contributed by atoms with Crippen LogP contribution in [0.2, 0.25) is 0 Å². The quantitative estimate of drug-likeness (QED) is 0.439. The first kappa shape index (κ1) is 13.9. The number of carbonyl (C=O) groups excluding carboxylic acids is 2. The van der Waals surface area contributed by atoms with Crippen molar-refractivity contribution in [2.24, 2.45) is 11.5 Å². The molecule has 0 aliphatic heterocycles. The zero-order valence-electron chi connectivity index (χ0n) is 9.46. The highest BCUT2D eigenvalue weighted by Gasteiger charge is 2.20. The first-order valence-corrected chi connectivity index (χ1v) is 4.80. The molecule has 6 N–H and O–H groups in total. The average Bonchev–Trinajstić information content (AvgIpc) is 2.11. The van der Waals surface area contributed by atoms with Crippen molar-refractivity contribution in [1.82, 2.24) is 10.6 Å². The molecule has 0 saturated carbocycles. The van der Waals surface area contributed by atoms with Crippen LogP contribution in [0.25, 0.3) is 0 Å². The summed E-state index contributed by atoms with van der Waals surface area (Å²) in [5.41, 5.74) is 10.2. The van der Waals surface area contributed by atoms with Gasteiger partial charge in [-0.1, -0.05) is 0 Å². The van der Waals surface area contributed by atoms with Gasteiger partial charge < -0.3 is 22.1 Å². The lowest BCUT2D eigenvalue weighted by Crippen LogP contribution is -2.54. The maximum absolute atomic E-state index is 11.3. The third-order valence-corrected chi connectivity index (χ3v) is 1.81. The van der Waals surface area contributed by atoms with Gasteiger partial charge in [0.05, 0.1) is 11.6 Å². The molecule has 88 valence electrons. The molecule has 0 fully saturated rings. The summed E-state index contributed by atoms with van der Waals surface area (Å²) in [4.78, 5) is 22.1. The Hall–Kier alpha value is -1.14. The SMILES string of the molecule is CC(=O)NC(C)(C)CNC(=O)C(N)CN. The topological polar surface area (TPSA) is 110 Å². The average molecular weight is 216 g/mol. The third-order valence-electron chi connectivity index (χ3n) is 1.81. The second-order valence-corrected chi connectivity index (χ2v) is 4.13. The van der Waals surface area contributed by atoms with Crippen molar-refractivity contribution in [2.45, 2.75) is 32.4 Å². The molecule has 0 saturated heterocycles. The molecule has 0 aliphatic carbocycles. The summed E-state index contributed by atoms with van der Waals surface area (Å²) >= 11 is 0. The molecule has 1 unspecified atom stereocenters. The van der Waals surface area contributed by atoms with Crippen molar-refractivity contribution in [2.75, 3.05) is 13.1 Å². The van der Waals surface area contributed by atoms with Gasteiger partial charge in [0.15, 0.2) is 0 Å². The highest BCUT2D eigenvalue weighted by atomic mass is 16.2. The molecule has 0 aliphatic rings. The summed E-state index contributed by atoms with van der Waals surface area (Å²) in [5, 5.41) is 5.33. The van der Waals surface area contributed by atoms with E-state index >= 15 is 0 Å². The van der Waals surface area contributed by atoms with Crippen LogP contribution in [0.4, 0.5) is 0 Å². The third kappa shape index (κ3) is 6.03. The Morgan fingerprint density at radius 2 is 1.93 bits per heavy atom. The number of hydrogen-bond donors (Lipinski definition) is 4. The number of rotatable bonds is 5. The predicted molar refractivity (Wildman–Crippen MR) is 57.9 cm³/mol. The molecule has 2 amide bonds. The number of amides is 2. The van der Waals surface area contributed by atoms with Crippen molar-refractivity contribution >= 4 is 11.8 Å².